The molecule has 0 radical (unpaired) electrons. The summed E-state index contributed by atoms with van der Waals surface area (Å²) in [6, 6.07) is 6.55. The zero-order chi connectivity index (χ0) is 10.6. The van der Waals surface area contributed by atoms with Crippen LogP contribution in [-0.2, 0) is 0 Å². The Morgan fingerprint density at radius 3 is 2.27 bits per heavy atom. The van der Waals surface area contributed by atoms with E-state index in [0.717, 1.165) is 5.56 Å². The minimum Gasteiger partial charge on any atom is -0.478 e. The number of hydrogen-bond acceptors (Lipinski definition) is 3. The fourth-order valence-electron chi connectivity index (χ4n) is 0.894. The van der Waals surface area contributed by atoms with Gasteiger partial charge in [-0.3, -0.25) is 0 Å². The monoisotopic (exact) mass is 228 g/mol. The Morgan fingerprint density at radius 2 is 1.87 bits per heavy atom. The number of carbonyl (C=O) groups is 1. The smallest absolute Gasteiger partial charge is 0.335 e. The van der Waals surface area contributed by atoms with Gasteiger partial charge in [0.1, 0.15) is 0 Å². The molecule has 1 N–H and O–H groups in total. The van der Waals surface area contributed by atoms with E-state index in [1.807, 2.05) is 14.1 Å². The highest BCUT2D eigenvalue weighted by molar-refractivity contribution is 5.89. The summed E-state index contributed by atoms with van der Waals surface area (Å²) in [4.78, 5) is 10.5. The molecule has 1 aromatic carbocycles. The molecule has 0 saturated carbocycles. The molecular weight excluding hydrogens is 216 g/mol. The maximum absolute atomic E-state index is 10.5. The second-order valence-electron chi connectivity index (χ2n) is 3.02. The fourth-order valence-corrected chi connectivity index (χ4v) is 0.894. The van der Waals surface area contributed by atoms with Gasteiger partial charge in [-0.05, 0) is 17.7 Å². The Bertz CT molecular complexity index is 347. The van der Waals surface area contributed by atoms with E-state index in [0.29, 0.717) is 0 Å². The molecule has 0 bridgehead atoms. The fraction of sp³-hybridized carbons (Fsp3) is 0.200. The molecule has 4 nitrogen and oxygen atoms in total. The Labute approximate surface area is 94.6 Å². The van der Waals surface area contributed by atoms with E-state index in [9.17, 15) is 4.79 Å². The average molecular weight is 229 g/mol. The summed E-state index contributed by atoms with van der Waals surface area (Å²) in [5.74, 6) is -0.916. The molecule has 1 aromatic rings. The average Bonchev–Trinajstić information content (AvgIpc) is 2.15. The van der Waals surface area contributed by atoms with E-state index >= 15 is 0 Å². The molecular formula is C10H13ClN2O2. The normalized spacial score (nSPS) is 9.73. The van der Waals surface area contributed by atoms with Gasteiger partial charge < -0.3 is 10.1 Å². The maximum Gasteiger partial charge on any atom is 0.335 e. The summed E-state index contributed by atoms with van der Waals surface area (Å²) in [7, 11) is 3.64. The Morgan fingerprint density at radius 1 is 1.33 bits per heavy atom. The first kappa shape index (κ1) is 13.4. The van der Waals surface area contributed by atoms with Crippen molar-refractivity contribution in [3.8, 4) is 0 Å². The summed E-state index contributed by atoms with van der Waals surface area (Å²) < 4.78 is 0. The van der Waals surface area contributed by atoms with Gasteiger partial charge in [-0.1, -0.05) is 12.1 Å². The molecule has 0 aliphatic rings. The molecule has 1 rings (SSSR count). The number of hydrogen-bond donors (Lipinski definition) is 1. The number of halogens is 1. The first-order valence-electron chi connectivity index (χ1n) is 4.14. The third-order valence-corrected chi connectivity index (χ3v) is 1.60. The predicted octanol–water partition coefficient (Wildman–Crippen LogP) is 1.70. The number of hydrazone groups is 1. The standard InChI is InChI=1S/C10H12N2O2.ClH/c1-12(2)11-7-8-3-5-9(6-4-8)10(13)14;/h3-7H,1-2H3,(H,13,14);1H. The van der Waals surface area contributed by atoms with Crippen LogP contribution < -0.4 is 0 Å². The summed E-state index contributed by atoms with van der Waals surface area (Å²) in [6.07, 6.45) is 1.67. The highest BCUT2D eigenvalue weighted by Crippen LogP contribution is 2.02. The van der Waals surface area contributed by atoms with Crippen LogP contribution in [0.15, 0.2) is 29.4 Å². The SMILES string of the molecule is CN(C)N=Cc1ccc(C(=O)O)cc1.Cl. The van der Waals surface area contributed by atoms with Crippen molar-refractivity contribution in [1.29, 1.82) is 0 Å². The van der Waals surface area contributed by atoms with Gasteiger partial charge in [-0.2, -0.15) is 5.10 Å². The van der Waals surface area contributed by atoms with Crippen LogP contribution in [0.2, 0.25) is 0 Å². The van der Waals surface area contributed by atoms with Crippen LogP contribution in [0.4, 0.5) is 0 Å². The first-order valence-corrected chi connectivity index (χ1v) is 4.14. The molecule has 0 aliphatic carbocycles. The molecule has 0 unspecified atom stereocenters. The first-order chi connectivity index (χ1) is 6.59. The highest BCUT2D eigenvalue weighted by atomic mass is 35.5. The number of nitrogens with zero attached hydrogens (tertiary/aromatic N) is 2. The van der Waals surface area contributed by atoms with Gasteiger partial charge in [0.05, 0.1) is 11.8 Å². The van der Waals surface area contributed by atoms with Crippen LogP contribution in [0.1, 0.15) is 15.9 Å². The summed E-state index contributed by atoms with van der Waals surface area (Å²) in [5, 5.41) is 14.4. The number of carboxylic acids is 1. The molecule has 82 valence electrons. The Balaban J connectivity index is 0.00000196. The molecule has 0 heterocycles. The number of carboxylic acid groups (broad SMARTS) is 1. The zero-order valence-corrected chi connectivity index (χ0v) is 9.36. The molecule has 0 aliphatic heterocycles. The van der Waals surface area contributed by atoms with Crippen molar-refractivity contribution in [2.24, 2.45) is 5.10 Å². The number of rotatable bonds is 3. The molecule has 0 aromatic heterocycles. The maximum atomic E-state index is 10.5. The minimum absolute atomic E-state index is 0. The van der Waals surface area contributed by atoms with Crippen molar-refractivity contribution in [2.45, 2.75) is 0 Å². The molecule has 0 amide bonds. The van der Waals surface area contributed by atoms with Gasteiger partial charge in [0, 0.05) is 14.1 Å². The number of benzene rings is 1. The largest absolute Gasteiger partial charge is 0.478 e. The van der Waals surface area contributed by atoms with Crippen LogP contribution in [0.5, 0.6) is 0 Å². The molecule has 5 heteroatoms. The van der Waals surface area contributed by atoms with Gasteiger partial charge in [0.15, 0.2) is 0 Å². The van der Waals surface area contributed by atoms with Crippen LogP contribution in [0.3, 0.4) is 0 Å². The van der Waals surface area contributed by atoms with Gasteiger partial charge in [0.2, 0.25) is 0 Å². The lowest BCUT2D eigenvalue weighted by atomic mass is 10.1. The van der Waals surface area contributed by atoms with Crippen molar-refractivity contribution >= 4 is 24.6 Å². The van der Waals surface area contributed by atoms with E-state index in [-0.39, 0.29) is 18.0 Å². The molecule has 0 spiro atoms. The van der Waals surface area contributed by atoms with Gasteiger partial charge in [-0.25, -0.2) is 4.79 Å². The van der Waals surface area contributed by atoms with E-state index in [4.69, 9.17) is 5.11 Å². The summed E-state index contributed by atoms with van der Waals surface area (Å²) in [6.45, 7) is 0. The lowest BCUT2D eigenvalue weighted by molar-refractivity contribution is 0.0697. The molecule has 15 heavy (non-hydrogen) atoms. The van der Waals surface area contributed by atoms with Crippen molar-refractivity contribution in [1.82, 2.24) is 5.01 Å². The summed E-state index contributed by atoms with van der Waals surface area (Å²) in [5.41, 5.74) is 1.16. The third kappa shape index (κ3) is 4.46. The van der Waals surface area contributed by atoms with Gasteiger partial charge in [0.25, 0.3) is 0 Å². The highest BCUT2D eigenvalue weighted by Gasteiger charge is 1.99. The van der Waals surface area contributed by atoms with E-state index in [1.54, 1.807) is 35.5 Å². The second-order valence-corrected chi connectivity index (χ2v) is 3.02. The molecule has 0 atom stereocenters. The van der Waals surface area contributed by atoms with Gasteiger partial charge in [-0.15, -0.1) is 12.4 Å². The topological polar surface area (TPSA) is 52.9 Å². The second kappa shape index (κ2) is 6.03. The van der Waals surface area contributed by atoms with E-state index < -0.39 is 5.97 Å². The van der Waals surface area contributed by atoms with E-state index in [2.05, 4.69) is 5.10 Å². The predicted molar refractivity (Wildman–Crippen MR) is 61.9 cm³/mol. The van der Waals surface area contributed by atoms with Crippen molar-refractivity contribution in [3.63, 3.8) is 0 Å². The Hall–Kier alpha value is -1.55. The van der Waals surface area contributed by atoms with Crippen LogP contribution in [0, 0.1) is 0 Å². The van der Waals surface area contributed by atoms with Crippen LogP contribution in [0.25, 0.3) is 0 Å². The lowest BCUT2D eigenvalue weighted by Gasteiger charge is -2.02. The zero-order valence-electron chi connectivity index (χ0n) is 8.54. The van der Waals surface area contributed by atoms with Crippen LogP contribution >= 0.6 is 12.4 Å². The minimum atomic E-state index is -0.916. The van der Waals surface area contributed by atoms with E-state index in [1.165, 1.54) is 0 Å². The number of aromatic carboxylic acids is 1. The van der Waals surface area contributed by atoms with Crippen molar-refractivity contribution in [2.75, 3.05) is 14.1 Å². The summed E-state index contributed by atoms with van der Waals surface area (Å²) >= 11 is 0. The third-order valence-electron chi connectivity index (χ3n) is 1.60. The van der Waals surface area contributed by atoms with Gasteiger partial charge >= 0.3 is 5.97 Å². The lowest BCUT2D eigenvalue weighted by Crippen LogP contribution is -2.02. The van der Waals surface area contributed by atoms with Crippen molar-refractivity contribution < 1.29 is 9.90 Å². The quantitative estimate of drug-likeness (QED) is 0.633. The van der Waals surface area contributed by atoms with Crippen LogP contribution in [-0.4, -0.2) is 36.4 Å². The van der Waals surface area contributed by atoms with Crippen molar-refractivity contribution in [3.05, 3.63) is 35.4 Å². The Kier molecular flexibility index (Phi) is 5.41. The molecule has 0 fully saturated rings. The molecule has 0 saturated heterocycles.